The van der Waals surface area contributed by atoms with Gasteiger partial charge in [-0.1, -0.05) is 0 Å². The van der Waals surface area contributed by atoms with E-state index in [2.05, 4.69) is 4.74 Å². The fourth-order valence-corrected chi connectivity index (χ4v) is 1.84. The van der Waals surface area contributed by atoms with Crippen LogP contribution in [0, 0.1) is 0 Å². The van der Waals surface area contributed by atoms with Gasteiger partial charge in [0, 0.05) is 32.5 Å². The minimum atomic E-state index is -2.66. The Morgan fingerprint density at radius 2 is 1.81 bits per heavy atom. The standard InChI is InChI=1S/C13H22F2N2O4/c1-12(2,3)21-11(19)20-10(18)9(16)8-17-6-4-13(14,15)5-7-17/h9H,4-8,16H2,1-3H3/t9-/m1/s1. The number of hydrogen-bond donors (Lipinski definition) is 1. The predicted molar refractivity (Wildman–Crippen MR) is 70.9 cm³/mol. The van der Waals surface area contributed by atoms with Crippen molar-refractivity contribution in [2.45, 2.75) is 51.2 Å². The van der Waals surface area contributed by atoms with Crippen molar-refractivity contribution in [1.82, 2.24) is 4.90 Å². The van der Waals surface area contributed by atoms with Crippen LogP contribution in [0.4, 0.5) is 13.6 Å². The van der Waals surface area contributed by atoms with Gasteiger partial charge in [0.15, 0.2) is 0 Å². The normalized spacial score (nSPS) is 20.7. The number of nitrogens with two attached hydrogens (primary N) is 1. The van der Waals surface area contributed by atoms with Crippen LogP contribution in [0.3, 0.4) is 0 Å². The lowest BCUT2D eigenvalue weighted by molar-refractivity contribution is -0.143. The Hall–Kier alpha value is -1.28. The van der Waals surface area contributed by atoms with Gasteiger partial charge < -0.3 is 20.1 Å². The summed E-state index contributed by atoms with van der Waals surface area (Å²) in [5.41, 5.74) is 4.84. The molecule has 0 aliphatic carbocycles. The van der Waals surface area contributed by atoms with E-state index in [0.717, 1.165) is 0 Å². The largest absolute Gasteiger partial charge is 0.516 e. The summed E-state index contributed by atoms with van der Waals surface area (Å²) < 4.78 is 35.3. The number of esters is 1. The van der Waals surface area contributed by atoms with Crippen LogP contribution in [0.2, 0.25) is 0 Å². The minimum absolute atomic E-state index is 0.0672. The molecule has 0 aromatic heterocycles. The number of ether oxygens (including phenoxy) is 2. The summed E-state index contributed by atoms with van der Waals surface area (Å²) >= 11 is 0. The highest BCUT2D eigenvalue weighted by Crippen LogP contribution is 2.27. The quantitative estimate of drug-likeness (QED) is 0.629. The third-order valence-electron chi connectivity index (χ3n) is 2.92. The molecule has 21 heavy (non-hydrogen) atoms. The topological polar surface area (TPSA) is 81.9 Å². The Balaban J connectivity index is 2.36. The second-order valence-electron chi connectivity index (χ2n) is 6.15. The highest BCUT2D eigenvalue weighted by molar-refractivity contribution is 5.85. The van der Waals surface area contributed by atoms with Crippen molar-refractivity contribution in [3.05, 3.63) is 0 Å². The van der Waals surface area contributed by atoms with Crippen molar-refractivity contribution in [2.24, 2.45) is 5.73 Å². The second kappa shape index (κ2) is 6.65. The van der Waals surface area contributed by atoms with Crippen molar-refractivity contribution in [1.29, 1.82) is 0 Å². The molecule has 0 saturated carbocycles. The van der Waals surface area contributed by atoms with E-state index in [0.29, 0.717) is 0 Å². The number of alkyl halides is 2. The summed E-state index contributed by atoms with van der Waals surface area (Å²) in [6.45, 7) is 5.27. The van der Waals surface area contributed by atoms with Crippen molar-refractivity contribution in [2.75, 3.05) is 19.6 Å². The molecule has 1 aliphatic heterocycles. The molecule has 8 heteroatoms. The van der Waals surface area contributed by atoms with Crippen LogP contribution in [0.1, 0.15) is 33.6 Å². The summed E-state index contributed by atoms with van der Waals surface area (Å²) in [4.78, 5) is 24.6. The third-order valence-corrected chi connectivity index (χ3v) is 2.92. The van der Waals surface area contributed by atoms with Crippen molar-refractivity contribution < 1.29 is 27.8 Å². The molecule has 6 nitrogen and oxygen atoms in total. The van der Waals surface area contributed by atoms with Gasteiger partial charge >= 0.3 is 12.1 Å². The zero-order chi connectivity index (χ0) is 16.3. The Kier molecular flexibility index (Phi) is 5.63. The van der Waals surface area contributed by atoms with Gasteiger partial charge in [-0.25, -0.2) is 18.4 Å². The molecule has 0 spiro atoms. The van der Waals surface area contributed by atoms with E-state index in [4.69, 9.17) is 10.5 Å². The van der Waals surface area contributed by atoms with Crippen LogP contribution in [-0.4, -0.2) is 54.2 Å². The van der Waals surface area contributed by atoms with Gasteiger partial charge in [-0.3, -0.25) is 0 Å². The first-order chi connectivity index (χ1) is 9.48. The number of hydrogen-bond acceptors (Lipinski definition) is 6. The molecule has 0 aromatic rings. The summed E-state index contributed by atoms with van der Waals surface area (Å²) in [5, 5.41) is 0. The molecule has 0 radical (unpaired) electrons. The number of rotatable bonds is 3. The number of nitrogens with zero attached hydrogens (tertiary/aromatic N) is 1. The van der Waals surface area contributed by atoms with Crippen LogP contribution in [0.15, 0.2) is 0 Å². The van der Waals surface area contributed by atoms with E-state index in [9.17, 15) is 18.4 Å². The number of likely N-dealkylation sites (tertiary alicyclic amines) is 1. The molecule has 1 atom stereocenters. The number of halogens is 2. The molecule has 0 amide bonds. The molecule has 0 bridgehead atoms. The van der Waals surface area contributed by atoms with E-state index < -0.39 is 29.7 Å². The lowest BCUT2D eigenvalue weighted by Gasteiger charge is -2.32. The predicted octanol–water partition coefficient (Wildman–Crippen LogP) is 1.52. The molecule has 1 heterocycles. The molecular weight excluding hydrogens is 286 g/mol. The Labute approximate surface area is 122 Å². The first kappa shape index (κ1) is 17.8. The van der Waals surface area contributed by atoms with Gasteiger partial charge in [0.05, 0.1) is 0 Å². The monoisotopic (exact) mass is 308 g/mol. The number of carbonyl (C=O) groups is 2. The summed E-state index contributed by atoms with van der Waals surface area (Å²) in [7, 11) is 0. The van der Waals surface area contributed by atoms with E-state index in [1.807, 2.05) is 0 Å². The van der Waals surface area contributed by atoms with E-state index in [1.165, 1.54) is 0 Å². The van der Waals surface area contributed by atoms with Gasteiger partial charge in [-0.15, -0.1) is 0 Å². The zero-order valence-corrected chi connectivity index (χ0v) is 12.5. The van der Waals surface area contributed by atoms with Crippen LogP contribution in [-0.2, 0) is 14.3 Å². The molecule has 2 N–H and O–H groups in total. The van der Waals surface area contributed by atoms with Crippen LogP contribution in [0.25, 0.3) is 0 Å². The Morgan fingerprint density at radius 3 is 2.29 bits per heavy atom. The van der Waals surface area contributed by atoms with Crippen LogP contribution in [0.5, 0.6) is 0 Å². The third kappa shape index (κ3) is 6.81. The van der Waals surface area contributed by atoms with Crippen molar-refractivity contribution in [3.8, 4) is 0 Å². The maximum atomic E-state index is 13.0. The number of piperidine rings is 1. The maximum absolute atomic E-state index is 13.0. The average molecular weight is 308 g/mol. The van der Waals surface area contributed by atoms with Crippen LogP contribution >= 0.6 is 0 Å². The highest BCUT2D eigenvalue weighted by Gasteiger charge is 2.35. The molecule has 1 aliphatic rings. The molecule has 1 fully saturated rings. The van der Waals surface area contributed by atoms with E-state index in [1.54, 1.807) is 25.7 Å². The lowest BCUT2D eigenvalue weighted by atomic mass is 10.1. The number of carbonyl (C=O) groups excluding carboxylic acids is 2. The first-order valence-electron chi connectivity index (χ1n) is 6.79. The molecule has 1 rings (SSSR count). The van der Waals surface area contributed by atoms with Gasteiger partial charge in [0.25, 0.3) is 5.92 Å². The Bertz CT molecular complexity index is 386. The Morgan fingerprint density at radius 1 is 1.29 bits per heavy atom. The molecule has 122 valence electrons. The van der Waals surface area contributed by atoms with Gasteiger partial charge in [0.1, 0.15) is 11.6 Å². The van der Waals surface area contributed by atoms with Gasteiger partial charge in [-0.05, 0) is 20.8 Å². The SMILES string of the molecule is CC(C)(C)OC(=O)OC(=O)[C@H](N)CN1CCC(F)(F)CC1. The van der Waals surface area contributed by atoms with Gasteiger partial charge in [0.2, 0.25) is 0 Å². The fourth-order valence-electron chi connectivity index (χ4n) is 1.84. The fraction of sp³-hybridized carbons (Fsp3) is 0.846. The second-order valence-corrected chi connectivity index (χ2v) is 6.15. The molecule has 0 aromatic carbocycles. The smallest absolute Gasteiger partial charge is 0.428 e. The summed E-state index contributed by atoms with van der Waals surface area (Å²) in [5.74, 6) is -3.58. The van der Waals surface area contributed by atoms with Crippen molar-refractivity contribution in [3.63, 3.8) is 0 Å². The highest BCUT2D eigenvalue weighted by atomic mass is 19.3. The van der Waals surface area contributed by atoms with Gasteiger partial charge in [-0.2, -0.15) is 0 Å². The first-order valence-corrected chi connectivity index (χ1v) is 6.79. The van der Waals surface area contributed by atoms with E-state index in [-0.39, 0.29) is 32.5 Å². The van der Waals surface area contributed by atoms with E-state index >= 15 is 0 Å². The average Bonchev–Trinajstić information content (AvgIpc) is 2.29. The molecule has 0 unspecified atom stereocenters. The zero-order valence-electron chi connectivity index (χ0n) is 12.5. The maximum Gasteiger partial charge on any atom is 0.516 e. The van der Waals surface area contributed by atoms with Crippen molar-refractivity contribution >= 4 is 12.1 Å². The lowest BCUT2D eigenvalue weighted by Crippen LogP contribution is -2.48. The summed E-state index contributed by atoms with van der Waals surface area (Å²) in [6.07, 6.45) is -1.64. The minimum Gasteiger partial charge on any atom is -0.428 e. The van der Waals surface area contributed by atoms with Crippen LogP contribution < -0.4 is 5.73 Å². The summed E-state index contributed by atoms with van der Waals surface area (Å²) in [6, 6.07) is -1.08. The molecule has 1 saturated heterocycles. The molecular formula is C13H22F2N2O4.